The minimum atomic E-state index is -0.873. The van der Waals surface area contributed by atoms with Crippen LogP contribution in [0.5, 0.6) is 0 Å². The first-order chi connectivity index (χ1) is 26.6. The van der Waals surface area contributed by atoms with E-state index in [4.69, 9.17) is 28.0 Å². The average Bonchev–Trinajstić information content (AvgIpc) is 3.18. The van der Waals surface area contributed by atoms with E-state index in [0.717, 1.165) is 33.4 Å². The smallest absolute Gasteiger partial charge is 0.242 e. The molecular weight excluding hydrogens is 693 g/mol. The zero-order valence-corrected chi connectivity index (χ0v) is 31.2. The van der Waals surface area contributed by atoms with Crippen LogP contribution in [0.15, 0.2) is 109 Å². The van der Waals surface area contributed by atoms with Crippen molar-refractivity contribution in [3.63, 3.8) is 0 Å². The Morgan fingerprint density at radius 2 is 1.00 bits per heavy atom. The summed E-state index contributed by atoms with van der Waals surface area (Å²) >= 11 is 0. The summed E-state index contributed by atoms with van der Waals surface area (Å²) in [5.41, 5.74) is 23.2. The topological polar surface area (TPSA) is 237 Å². The van der Waals surface area contributed by atoms with E-state index in [1.807, 2.05) is 109 Å². The zero-order chi connectivity index (χ0) is 39.4. The molecule has 55 heavy (non-hydrogen) atoms. The molecule has 290 valence electrons. The van der Waals surface area contributed by atoms with Crippen LogP contribution in [0.25, 0.3) is 22.3 Å². The van der Waals surface area contributed by atoms with Crippen LogP contribution < -0.4 is 43.8 Å². The lowest BCUT2D eigenvalue weighted by Gasteiger charge is -2.23. The highest BCUT2D eigenvalue weighted by Crippen LogP contribution is 2.21. The molecular formula is C42H54N10O3. The summed E-state index contributed by atoms with van der Waals surface area (Å²) in [6, 6.07) is 33.4. The van der Waals surface area contributed by atoms with E-state index >= 15 is 0 Å². The lowest BCUT2D eigenvalue weighted by atomic mass is 9.99. The van der Waals surface area contributed by atoms with Gasteiger partial charge in [-0.15, -0.1) is 0 Å². The summed E-state index contributed by atoms with van der Waals surface area (Å²) in [6.07, 6.45) is 2.75. The zero-order valence-electron chi connectivity index (χ0n) is 31.2. The maximum Gasteiger partial charge on any atom is 0.242 e. The summed E-state index contributed by atoms with van der Waals surface area (Å²) in [5, 5.41) is 29.1. The Hall–Kier alpha value is -6.21. The molecule has 0 radical (unpaired) electrons. The van der Waals surface area contributed by atoms with E-state index in [9.17, 15) is 14.4 Å². The highest BCUT2D eigenvalue weighted by molar-refractivity contribution is 5.89. The molecule has 0 aliphatic rings. The molecule has 3 atom stereocenters. The quantitative estimate of drug-likeness (QED) is 0.0345. The van der Waals surface area contributed by atoms with Gasteiger partial charge in [-0.25, -0.2) is 0 Å². The predicted molar refractivity (Wildman–Crippen MR) is 219 cm³/mol. The predicted octanol–water partition coefficient (Wildman–Crippen LogP) is 3.14. The van der Waals surface area contributed by atoms with Crippen molar-refractivity contribution in [2.75, 3.05) is 19.6 Å². The molecule has 0 unspecified atom stereocenters. The number of amides is 3. The molecule has 0 spiro atoms. The summed E-state index contributed by atoms with van der Waals surface area (Å²) < 4.78 is 0. The fraction of sp³-hybridized carbons (Fsp3) is 0.310. The van der Waals surface area contributed by atoms with Crippen LogP contribution in [-0.2, 0) is 27.2 Å². The second kappa shape index (κ2) is 22.1. The Bertz CT molecular complexity index is 1820. The van der Waals surface area contributed by atoms with Crippen molar-refractivity contribution in [1.29, 1.82) is 10.8 Å². The SMILES string of the molecule is N=C(N)NCCCCNC(=O)[C@H](Cc1ccc(-c2ccccc2)cc1)NC(=O)C[C@H](CCCNC(=N)N)NC(=O)[C@@H](N)Cc1ccc(-c2ccccc2)cc1. The maximum absolute atomic E-state index is 13.6. The normalized spacial score (nSPS) is 12.4. The molecule has 13 heteroatoms. The number of carbonyl (C=O) groups excluding carboxylic acids is 3. The summed E-state index contributed by atoms with van der Waals surface area (Å²) in [4.78, 5) is 40.5. The molecule has 4 aromatic rings. The number of guanidine groups is 2. The Balaban J connectivity index is 1.40. The van der Waals surface area contributed by atoms with Crippen LogP contribution in [0.1, 0.15) is 43.2 Å². The van der Waals surface area contributed by atoms with E-state index in [0.29, 0.717) is 51.7 Å². The van der Waals surface area contributed by atoms with Crippen molar-refractivity contribution in [2.45, 2.75) is 63.1 Å². The molecule has 0 fully saturated rings. The Morgan fingerprint density at radius 3 is 1.51 bits per heavy atom. The number of benzene rings is 4. The fourth-order valence-corrected chi connectivity index (χ4v) is 6.11. The van der Waals surface area contributed by atoms with Crippen LogP contribution in [0.2, 0.25) is 0 Å². The molecule has 0 bridgehead atoms. The number of unbranched alkanes of at least 4 members (excludes halogenated alkanes) is 1. The number of nitrogens with one attached hydrogen (secondary N) is 7. The van der Waals surface area contributed by atoms with E-state index in [1.54, 1.807) is 0 Å². The summed E-state index contributed by atoms with van der Waals surface area (Å²) in [7, 11) is 0. The number of nitrogens with two attached hydrogens (primary N) is 3. The van der Waals surface area contributed by atoms with Gasteiger partial charge in [0.2, 0.25) is 17.7 Å². The van der Waals surface area contributed by atoms with Crippen molar-refractivity contribution < 1.29 is 14.4 Å². The lowest BCUT2D eigenvalue weighted by Crippen LogP contribution is -2.51. The molecule has 13 N–H and O–H groups in total. The van der Waals surface area contributed by atoms with Gasteiger partial charge in [0.05, 0.1) is 6.04 Å². The number of rotatable bonds is 21. The van der Waals surface area contributed by atoms with Gasteiger partial charge in [-0.1, -0.05) is 109 Å². The molecule has 3 amide bonds. The van der Waals surface area contributed by atoms with Gasteiger partial charge in [-0.2, -0.15) is 0 Å². The van der Waals surface area contributed by atoms with Crippen molar-refractivity contribution in [1.82, 2.24) is 26.6 Å². The standard InChI is InChI=1S/C42H54N10O3/c43-36(26-29-15-19-33(20-16-29)31-10-3-1-4-11-31)39(54)51-35(14-9-25-50-42(46)47)28-38(53)52-37(40(55)48-23-7-8-24-49-41(44)45)27-30-17-21-34(22-18-30)32-12-5-2-6-13-32/h1-6,10-13,15-22,35-37H,7-9,14,23-28,43H2,(H,48,55)(H,51,54)(H,52,53)(H4,44,45,49)(H4,46,47,50)/t35-,36-,37-/m0/s1. The van der Waals surface area contributed by atoms with Crippen molar-refractivity contribution >= 4 is 29.6 Å². The second-order valence-corrected chi connectivity index (χ2v) is 13.5. The average molecular weight is 747 g/mol. The minimum Gasteiger partial charge on any atom is -0.370 e. The second-order valence-electron chi connectivity index (χ2n) is 13.5. The molecule has 0 saturated carbocycles. The summed E-state index contributed by atoms with van der Waals surface area (Å²) in [5.74, 6) is -1.39. The van der Waals surface area contributed by atoms with Crippen LogP contribution in [0, 0.1) is 10.8 Å². The molecule has 0 aromatic heterocycles. The summed E-state index contributed by atoms with van der Waals surface area (Å²) in [6.45, 7) is 1.28. The first-order valence-corrected chi connectivity index (χ1v) is 18.6. The molecule has 0 saturated heterocycles. The van der Waals surface area contributed by atoms with Gasteiger partial charge in [-0.3, -0.25) is 25.2 Å². The number of hydrogen-bond acceptors (Lipinski definition) is 6. The van der Waals surface area contributed by atoms with Crippen molar-refractivity contribution in [3.05, 3.63) is 120 Å². The van der Waals surface area contributed by atoms with E-state index < -0.39 is 29.9 Å². The third kappa shape index (κ3) is 15.0. The molecule has 4 aromatic carbocycles. The Kier molecular flexibility index (Phi) is 16.7. The van der Waals surface area contributed by atoms with Gasteiger partial charge in [-0.05, 0) is 65.5 Å². The molecule has 4 rings (SSSR count). The van der Waals surface area contributed by atoms with Crippen LogP contribution in [-0.4, -0.2) is 67.4 Å². The Labute approximate surface area is 323 Å². The van der Waals surface area contributed by atoms with Crippen LogP contribution >= 0.6 is 0 Å². The molecule has 13 nitrogen and oxygen atoms in total. The first kappa shape index (κ1) is 41.5. The van der Waals surface area contributed by atoms with Gasteiger partial charge >= 0.3 is 0 Å². The molecule has 0 heterocycles. The lowest BCUT2D eigenvalue weighted by molar-refractivity contribution is -0.129. The monoisotopic (exact) mass is 746 g/mol. The molecule has 0 aliphatic carbocycles. The van der Waals surface area contributed by atoms with Gasteiger partial charge < -0.3 is 43.8 Å². The van der Waals surface area contributed by atoms with Gasteiger partial charge in [0.25, 0.3) is 0 Å². The fourth-order valence-electron chi connectivity index (χ4n) is 6.11. The first-order valence-electron chi connectivity index (χ1n) is 18.6. The minimum absolute atomic E-state index is 0.0856. The third-order valence-electron chi connectivity index (χ3n) is 9.05. The van der Waals surface area contributed by atoms with Crippen LogP contribution in [0.4, 0.5) is 0 Å². The third-order valence-corrected chi connectivity index (χ3v) is 9.05. The molecule has 0 aliphatic heterocycles. The Morgan fingerprint density at radius 1 is 0.545 bits per heavy atom. The number of hydrogen-bond donors (Lipinski definition) is 10. The van der Waals surface area contributed by atoms with E-state index in [1.165, 1.54) is 0 Å². The van der Waals surface area contributed by atoms with E-state index in [-0.39, 0.29) is 30.7 Å². The van der Waals surface area contributed by atoms with Gasteiger partial charge in [0.15, 0.2) is 11.9 Å². The van der Waals surface area contributed by atoms with Crippen molar-refractivity contribution in [3.8, 4) is 22.3 Å². The van der Waals surface area contributed by atoms with E-state index in [2.05, 4.69) is 26.6 Å². The van der Waals surface area contributed by atoms with Gasteiger partial charge in [0, 0.05) is 38.5 Å². The van der Waals surface area contributed by atoms with Gasteiger partial charge in [0.1, 0.15) is 6.04 Å². The van der Waals surface area contributed by atoms with Crippen molar-refractivity contribution in [2.24, 2.45) is 17.2 Å². The van der Waals surface area contributed by atoms with Crippen LogP contribution in [0.3, 0.4) is 0 Å². The largest absolute Gasteiger partial charge is 0.370 e. The number of carbonyl (C=O) groups is 3. The highest BCUT2D eigenvalue weighted by atomic mass is 16.2. The highest BCUT2D eigenvalue weighted by Gasteiger charge is 2.25. The maximum atomic E-state index is 13.6.